The van der Waals surface area contributed by atoms with Crippen LogP contribution < -0.4 is 4.74 Å². The predicted molar refractivity (Wildman–Crippen MR) is 69.2 cm³/mol. The van der Waals surface area contributed by atoms with Gasteiger partial charge < -0.3 is 14.6 Å². The molecule has 0 aromatic heterocycles. The van der Waals surface area contributed by atoms with Crippen molar-refractivity contribution in [2.75, 3.05) is 6.79 Å². The number of carbonyl (C=O) groups is 1. The molecule has 1 N–H and O–H groups in total. The van der Waals surface area contributed by atoms with Crippen LogP contribution in [0.1, 0.15) is 36.0 Å². The van der Waals surface area contributed by atoms with E-state index in [1.54, 1.807) is 0 Å². The summed E-state index contributed by atoms with van der Waals surface area (Å²) in [5.41, 5.74) is 0.00123. The smallest absolute Gasteiger partial charge is 0.335 e. The molecule has 2 saturated carbocycles. The van der Waals surface area contributed by atoms with Crippen LogP contribution in [-0.4, -0.2) is 24.0 Å². The lowest BCUT2D eigenvalue weighted by molar-refractivity contribution is -0.0589. The van der Waals surface area contributed by atoms with Gasteiger partial charge in [-0.15, -0.1) is 0 Å². The quantitative estimate of drug-likeness (QED) is 0.842. The average molecular weight is 280 g/mol. The summed E-state index contributed by atoms with van der Waals surface area (Å²) in [4.78, 5) is 10.8. The molecule has 0 saturated heterocycles. The highest BCUT2D eigenvalue weighted by Crippen LogP contribution is 2.45. The topological polar surface area (TPSA) is 55.8 Å². The van der Waals surface area contributed by atoms with E-state index in [9.17, 15) is 9.18 Å². The van der Waals surface area contributed by atoms with Crippen LogP contribution in [0.5, 0.6) is 5.75 Å². The van der Waals surface area contributed by atoms with Gasteiger partial charge in [0.15, 0.2) is 18.4 Å². The Morgan fingerprint density at radius 2 is 2.20 bits per heavy atom. The van der Waals surface area contributed by atoms with Crippen molar-refractivity contribution >= 4 is 5.97 Å². The predicted octanol–water partition coefficient (Wildman–Crippen LogP) is 3.07. The number of hydrogen-bond acceptors (Lipinski definition) is 3. The van der Waals surface area contributed by atoms with E-state index in [0.29, 0.717) is 5.92 Å². The average Bonchev–Trinajstić information content (AvgIpc) is 3.03. The molecule has 0 heterocycles. The van der Waals surface area contributed by atoms with Crippen molar-refractivity contribution < 1.29 is 23.8 Å². The molecule has 5 heteroatoms. The minimum atomic E-state index is -1.11. The molecule has 1 aromatic carbocycles. The van der Waals surface area contributed by atoms with E-state index in [-0.39, 0.29) is 24.2 Å². The molecule has 2 fully saturated rings. The number of benzene rings is 1. The summed E-state index contributed by atoms with van der Waals surface area (Å²) in [6, 6.07) is 3.49. The van der Waals surface area contributed by atoms with Crippen molar-refractivity contribution in [1.82, 2.24) is 0 Å². The molecule has 2 bridgehead atoms. The summed E-state index contributed by atoms with van der Waals surface area (Å²) in [5, 5.41) is 8.86. The van der Waals surface area contributed by atoms with Crippen LogP contribution in [0.3, 0.4) is 0 Å². The third-order valence-corrected chi connectivity index (χ3v) is 4.35. The zero-order valence-electron chi connectivity index (χ0n) is 11.0. The molecular formula is C15H17FO4. The second kappa shape index (κ2) is 5.40. The summed E-state index contributed by atoms with van der Waals surface area (Å²) in [6.45, 7) is -0.0339. The van der Waals surface area contributed by atoms with Gasteiger partial charge in [0.05, 0.1) is 11.7 Å². The fourth-order valence-corrected chi connectivity index (χ4v) is 3.32. The Morgan fingerprint density at radius 1 is 1.35 bits per heavy atom. The lowest BCUT2D eigenvalue weighted by Gasteiger charge is -2.22. The van der Waals surface area contributed by atoms with Crippen LogP contribution in [-0.2, 0) is 4.74 Å². The number of halogens is 1. The van der Waals surface area contributed by atoms with E-state index in [2.05, 4.69) is 0 Å². The second-order valence-corrected chi connectivity index (χ2v) is 5.59. The van der Waals surface area contributed by atoms with Crippen molar-refractivity contribution in [1.29, 1.82) is 0 Å². The second-order valence-electron chi connectivity index (χ2n) is 5.59. The maximum absolute atomic E-state index is 13.5. The Hall–Kier alpha value is -1.62. The highest BCUT2D eigenvalue weighted by Gasteiger charge is 2.40. The minimum Gasteiger partial charge on any atom is -0.478 e. The number of hydrogen-bond donors (Lipinski definition) is 1. The van der Waals surface area contributed by atoms with Crippen molar-refractivity contribution in [3.05, 3.63) is 29.6 Å². The van der Waals surface area contributed by atoms with Crippen molar-refractivity contribution in [3.63, 3.8) is 0 Å². The molecule has 4 nitrogen and oxygen atoms in total. The molecule has 2 aliphatic rings. The molecule has 3 unspecified atom stereocenters. The van der Waals surface area contributed by atoms with Crippen LogP contribution in [0.4, 0.5) is 4.39 Å². The van der Waals surface area contributed by atoms with Gasteiger partial charge in [-0.3, -0.25) is 0 Å². The molecule has 0 amide bonds. The van der Waals surface area contributed by atoms with Gasteiger partial charge in [-0.1, -0.05) is 0 Å². The van der Waals surface area contributed by atoms with Gasteiger partial charge in [-0.05, 0) is 55.7 Å². The summed E-state index contributed by atoms with van der Waals surface area (Å²) >= 11 is 0. The van der Waals surface area contributed by atoms with Gasteiger partial charge in [0, 0.05) is 0 Å². The van der Waals surface area contributed by atoms with Gasteiger partial charge in [-0.25, -0.2) is 9.18 Å². The first-order valence-electron chi connectivity index (χ1n) is 6.90. The van der Waals surface area contributed by atoms with Gasteiger partial charge in [-0.2, -0.15) is 0 Å². The highest BCUT2D eigenvalue weighted by atomic mass is 19.1. The Bertz CT molecular complexity index is 517. The van der Waals surface area contributed by atoms with Crippen molar-refractivity contribution in [2.24, 2.45) is 11.8 Å². The van der Waals surface area contributed by atoms with Crippen LogP contribution in [0, 0.1) is 17.7 Å². The van der Waals surface area contributed by atoms with Gasteiger partial charge >= 0.3 is 5.97 Å². The van der Waals surface area contributed by atoms with Crippen LogP contribution in [0.25, 0.3) is 0 Å². The SMILES string of the molecule is O=C(O)c1ccc(F)c(OCOC2CC3CCC2C3)c1. The fourth-order valence-electron chi connectivity index (χ4n) is 3.32. The standard InChI is InChI=1S/C15H17FO4/c16-12-4-3-11(15(17)18)7-14(12)20-8-19-13-6-9-1-2-10(13)5-9/h3-4,7,9-10,13H,1-2,5-6,8H2,(H,17,18). The third kappa shape index (κ3) is 2.63. The maximum atomic E-state index is 13.5. The molecule has 1 aromatic rings. The molecule has 3 rings (SSSR count). The number of aromatic carboxylic acids is 1. The normalized spacial score (nSPS) is 27.8. The van der Waals surface area contributed by atoms with Crippen LogP contribution in [0.2, 0.25) is 0 Å². The Balaban J connectivity index is 1.55. The summed E-state index contributed by atoms with van der Waals surface area (Å²) in [6.07, 6.45) is 5.00. The summed E-state index contributed by atoms with van der Waals surface area (Å²) < 4.78 is 24.4. The summed E-state index contributed by atoms with van der Waals surface area (Å²) in [7, 11) is 0. The van der Waals surface area contributed by atoms with Gasteiger partial charge in [0.2, 0.25) is 0 Å². The first-order valence-corrected chi connectivity index (χ1v) is 6.90. The molecular weight excluding hydrogens is 263 g/mol. The Kier molecular flexibility index (Phi) is 3.61. The monoisotopic (exact) mass is 280 g/mol. The van der Waals surface area contributed by atoms with Crippen LogP contribution in [0.15, 0.2) is 18.2 Å². The molecule has 108 valence electrons. The number of fused-ring (bicyclic) bond motifs is 2. The maximum Gasteiger partial charge on any atom is 0.335 e. The molecule has 20 heavy (non-hydrogen) atoms. The third-order valence-electron chi connectivity index (χ3n) is 4.35. The van der Waals surface area contributed by atoms with Crippen molar-refractivity contribution in [2.45, 2.75) is 31.8 Å². The Morgan fingerprint density at radius 3 is 2.85 bits per heavy atom. The van der Waals surface area contributed by atoms with E-state index < -0.39 is 11.8 Å². The first kappa shape index (κ1) is 13.4. The summed E-state index contributed by atoms with van der Waals surface area (Å²) in [5.74, 6) is -0.376. The lowest BCUT2D eigenvalue weighted by atomic mass is 9.98. The minimum absolute atomic E-state index is 0.00123. The number of carboxylic acids is 1. The molecule has 2 aliphatic carbocycles. The van der Waals surface area contributed by atoms with E-state index >= 15 is 0 Å². The highest BCUT2D eigenvalue weighted by molar-refractivity contribution is 5.88. The Labute approximate surface area is 116 Å². The number of carboxylic acid groups (broad SMARTS) is 1. The van der Waals surface area contributed by atoms with E-state index in [1.165, 1.54) is 31.4 Å². The molecule has 0 aliphatic heterocycles. The molecule has 0 spiro atoms. The van der Waals surface area contributed by atoms with Gasteiger partial charge in [0.25, 0.3) is 0 Å². The molecule has 0 radical (unpaired) electrons. The van der Waals surface area contributed by atoms with Crippen LogP contribution >= 0.6 is 0 Å². The fraction of sp³-hybridized carbons (Fsp3) is 0.533. The zero-order valence-corrected chi connectivity index (χ0v) is 11.0. The number of rotatable bonds is 5. The molecule has 3 atom stereocenters. The zero-order chi connectivity index (χ0) is 14.1. The van der Waals surface area contributed by atoms with E-state index in [1.807, 2.05) is 0 Å². The van der Waals surface area contributed by atoms with E-state index in [4.69, 9.17) is 14.6 Å². The number of ether oxygens (including phenoxy) is 2. The first-order chi connectivity index (χ1) is 9.63. The largest absolute Gasteiger partial charge is 0.478 e. The van der Waals surface area contributed by atoms with E-state index in [0.717, 1.165) is 18.4 Å². The lowest BCUT2D eigenvalue weighted by Crippen LogP contribution is -2.22. The van der Waals surface area contributed by atoms with Gasteiger partial charge in [0.1, 0.15) is 0 Å². The van der Waals surface area contributed by atoms with Crippen molar-refractivity contribution in [3.8, 4) is 5.75 Å².